The van der Waals surface area contributed by atoms with Gasteiger partial charge in [0.25, 0.3) is 0 Å². The Morgan fingerprint density at radius 3 is 2.09 bits per heavy atom. The van der Waals surface area contributed by atoms with Gasteiger partial charge in [0.05, 0.1) is 19.3 Å². The second-order valence-corrected chi connectivity index (χ2v) is 10.5. The number of aromatic hydroxyl groups is 4. The van der Waals surface area contributed by atoms with Crippen molar-refractivity contribution in [3.05, 3.63) is 53.6 Å². The summed E-state index contributed by atoms with van der Waals surface area (Å²) in [7, 11) is 0. The first-order valence-electron chi connectivity index (χ1n) is 13.7. The molecule has 16 heteroatoms. The van der Waals surface area contributed by atoms with Crippen LogP contribution in [0.3, 0.4) is 0 Å². The number of phenols is 4. The van der Waals surface area contributed by atoms with Crippen molar-refractivity contribution in [1.82, 2.24) is 0 Å². The standard InChI is InChI=1S/C29H36O15.K.H/c1-13-22(35)23(36)25(38)29(42-13)41-12-20-27(44-21(34)7-4-14-2-5-16(30)18(32)10-14)24(37)26(39)28(43-20)40-9-8-15-3-6-17(31)19(33)11-15;;/h2-7,10-11,13,20,22-33,35-39H,8-9,12H2,1H3;;/q;+1;-1/b7-4+;;/t13-,20+,22-,23+,24+,25+,26+,27+,28+,29+;;/m0../s1. The van der Waals surface area contributed by atoms with Crippen LogP contribution in [0.1, 0.15) is 19.5 Å². The Kier molecular flexibility index (Phi) is 14.0. The summed E-state index contributed by atoms with van der Waals surface area (Å²) in [6.07, 6.45) is -12.2. The third-order valence-electron chi connectivity index (χ3n) is 7.25. The van der Waals surface area contributed by atoms with Gasteiger partial charge in [0.1, 0.15) is 36.6 Å². The number of carbonyl (C=O) groups excluding carboxylic acids is 1. The van der Waals surface area contributed by atoms with Crippen LogP contribution < -0.4 is 51.4 Å². The molecule has 9 N–H and O–H groups in total. The summed E-state index contributed by atoms with van der Waals surface area (Å²) in [6.45, 7) is 0.890. The summed E-state index contributed by atoms with van der Waals surface area (Å²) < 4.78 is 27.8. The quantitative estimate of drug-likeness (QED) is 0.0510. The summed E-state index contributed by atoms with van der Waals surface area (Å²) >= 11 is 0. The molecular formula is C29H37KO15. The molecule has 2 heterocycles. The van der Waals surface area contributed by atoms with Crippen LogP contribution in [0.25, 0.3) is 6.08 Å². The SMILES string of the molecule is C[C@@H]1O[C@@H](OC[C@H]2O[C@@H](OCCc3ccc(O)c(O)c3)[C@H](O)[C@@H](O)[C@@H]2OC(=O)/C=C/c2ccc(O)c(O)c2)[C@H](O)[C@H](O)[C@H]1O.[H-].[K+]. The van der Waals surface area contributed by atoms with Gasteiger partial charge in [-0.3, -0.25) is 0 Å². The van der Waals surface area contributed by atoms with Gasteiger partial charge in [0, 0.05) is 6.08 Å². The second kappa shape index (κ2) is 16.8. The normalized spacial score (nSPS) is 31.8. The van der Waals surface area contributed by atoms with E-state index in [1.807, 2.05) is 0 Å². The van der Waals surface area contributed by atoms with Crippen LogP contribution in [0.15, 0.2) is 42.5 Å². The van der Waals surface area contributed by atoms with Gasteiger partial charge in [-0.2, -0.15) is 0 Å². The van der Waals surface area contributed by atoms with Crippen LogP contribution in [0.4, 0.5) is 0 Å². The first kappa shape index (κ1) is 37.6. The Morgan fingerprint density at radius 2 is 1.42 bits per heavy atom. The molecule has 2 aromatic rings. The minimum atomic E-state index is -1.75. The van der Waals surface area contributed by atoms with Gasteiger partial charge in [-0.25, -0.2) is 4.79 Å². The number of aliphatic hydroxyl groups excluding tert-OH is 5. The summed E-state index contributed by atoms with van der Waals surface area (Å²) in [5.41, 5.74) is 0.927. The van der Waals surface area contributed by atoms with E-state index in [9.17, 15) is 50.8 Å². The zero-order valence-corrected chi connectivity index (χ0v) is 27.6. The summed E-state index contributed by atoms with van der Waals surface area (Å²) in [6, 6.07) is 8.00. The number of aliphatic hydroxyl groups is 5. The Morgan fingerprint density at radius 1 is 0.800 bits per heavy atom. The third-order valence-corrected chi connectivity index (χ3v) is 7.25. The molecule has 2 aliphatic rings. The predicted molar refractivity (Wildman–Crippen MR) is 148 cm³/mol. The zero-order valence-electron chi connectivity index (χ0n) is 25.5. The second-order valence-electron chi connectivity index (χ2n) is 10.5. The van der Waals surface area contributed by atoms with E-state index in [0.29, 0.717) is 11.1 Å². The van der Waals surface area contributed by atoms with Crippen molar-refractivity contribution in [3.8, 4) is 23.0 Å². The number of rotatable bonds is 10. The molecule has 15 nitrogen and oxygen atoms in total. The first-order valence-corrected chi connectivity index (χ1v) is 13.7. The molecule has 0 amide bonds. The van der Waals surface area contributed by atoms with Crippen molar-refractivity contribution < 1.29 is 127 Å². The van der Waals surface area contributed by atoms with E-state index in [1.165, 1.54) is 43.3 Å². The van der Waals surface area contributed by atoms with Gasteiger partial charge in [-0.15, -0.1) is 0 Å². The van der Waals surface area contributed by atoms with Crippen LogP contribution in [-0.2, 0) is 34.9 Å². The molecule has 2 saturated heterocycles. The van der Waals surface area contributed by atoms with Gasteiger partial charge in [-0.05, 0) is 54.8 Å². The zero-order chi connectivity index (χ0) is 32.1. The van der Waals surface area contributed by atoms with E-state index in [2.05, 4.69) is 0 Å². The van der Waals surface area contributed by atoms with Crippen LogP contribution in [0.2, 0.25) is 0 Å². The average molecular weight is 665 g/mol. The fourth-order valence-electron chi connectivity index (χ4n) is 4.66. The van der Waals surface area contributed by atoms with E-state index >= 15 is 0 Å². The molecule has 244 valence electrons. The van der Waals surface area contributed by atoms with E-state index in [0.717, 1.165) is 6.08 Å². The van der Waals surface area contributed by atoms with Crippen molar-refractivity contribution >= 4 is 12.0 Å². The number of carbonyl (C=O) groups is 1. The van der Waals surface area contributed by atoms with Gasteiger partial charge in [-0.1, -0.05) is 12.1 Å². The molecule has 10 atom stereocenters. The molecule has 0 radical (unpaired) electrons. The molecule has 2 aromatic carbocycles. The Balaban J connectivity index is 0.00000368. The number of esters is 1. The van der Waals surface area contributed by atoms with E-state index in [-0.39, 0.29) is 83.1 Å². The fourth-order valence-corrected chi connectivity index (χ4v) is 4.66. The Bertz CT molecular complexity index is 1320. The summed E-state index contributed by atoms with van der Waals surface area (Å²) in [5, 5.41) is 90.3. The maximum Gasteiger partial charge on any atom is 1.00 e. The maximum atomic E-state index is 12.7. The Hall–Kier alpha value is -1.87. The smallest absolute Gasteiger partial charge is 1.00 e. The van der Waals surface area contributed by atoms with Crippen molar-refractivity contribution in [1.29, 1.82) is 0 Å². The van der Waals surface area contributed by atoms with E-state index in [4.69, 9.17) is 23.7 Å². The number of hydrogen-bond acceptors (Lipinski definition) is 15. The summed E-state index contributed by atoms with van der Waals surface area (Å²) in [5.74, 6) is -2.37. The van der Waals surface area contributed by atoms with Crippen LogP contribution >= 0.6 is 0 Å². The molecule has 45 heavy (non-hydrogen) atoms. The van der Waals surface area contributed by atoms with Gasteiger partial charge >= 0.3 is 57.4 Å². The minimum absolute atomic E-state index is 0. The number of ether oxygens (including phenoxy) is 5. The molecule has 4 rings (SSSR count). The number of benzene rings is 2. The molecular weight excluding hydrogens is 627 g/mol. The Labute approximate surface area is 301 Å². The largest absolute Gasteiger partial charge is 1.00 e. The van der Waals surface area contributed by atoms with E-state index in [1.54, 1.807) is 6.07 Å². The van der Waals surface area contributed by atoms with Gasteiger partial charge < -0.3 is 71.1 Å². The summed E-state index contributed by atoms with van der Waals surface area (Å²) in [4.78, 5) is 12.7. The molecule has 0 bridgehead atoms. The third kappa shape index (κ3) is 9.58. The predicted octanol–water partition coefficient (Wildman–Crippen LogP) is -3.90. The van der Waals surface area contributed by atoms with Crippen molar-refractivity contribution in [2.75, 3.05) is 13.2 Å². The van der Waals surface area contributed by atoms with Gasteiger partial charge in [0.15, 0.2) is 41.7 Å². The van der Waals surface area contributed by atoms with E-state index < -0.39 is 79.7 Å². The number of hydrogen-bond donors (Lipinski definition) is 9. The fraction of sp³-hybridized carbons (Fsp3) is 0.483. The molecule has 0 saturated carbocycles. The van der Waals surface area contributed by atoms with Crippen LogP contribution in [-0.4, -0.2) is 127 Å². The molecule has 2 fully saturated rings. The molecule has 0 aliphatic carbocycles. The number of phenolic OH excluding ortho intramolecular Hbond substituents is 4. The minimum Gasteiger partial charge on any atom is -1.00 e. The van der Waals surface area contributed by atoms with Crippen LogP contribution in [0, 0.1) is 0 Å². The molecule has 0 unspecified atom stereocenters. The molecule has 0 aromatic heterocycles. The average Bonchev–Trinajstić information content (AvgIpc) is 2.99. The van der Waals surface area contributed by atoms with Crippen LogP contribution in [0.5, 0.6) is 23.0 Å². The monoisotopic (exact) mass is 664 g/mol. The molecule has 2 aliphatic heterocycles. The molecule has 0 spiro atoms. The first-order chi connectivity index (χ1) is 20.8. The van der Waals surface area contributed by atoms with Gasteiger partial charge in [0.2, 0.25) is 0 Å². The van der Waals surface area contributed by atoms with Crippen molar-refractivity contribution in [2.45, 2.75) is 74.8 Å². The van der Waals surface area contributed by atoms with Crippen molar-refractivity contribution in [3.63, 3.8) is 0 Å². The van der Waals surface area contributed by atoms with Crippen molar-refractivity contribution in [2.24, 2.45) is 0 Å². The topological polar surface area (TPSA) is 245 Å². The maximum absolute atomic E-state index is 12.7.